The molecule has 0 amide bonds. The second kappa shape index (κ2) is 3.80. The van der Waals surface area contributed by atoms with E-state index in [1.807, 2.05) is 0 Å². The Morgan fingerprint density at radius 3 is 3.11 bits per heavy atom. The van der Waals surface area contributed by atoms with Gasteiger partial charge in [-0.05, 0) is 25.2 Å². The molecule has 0 spiro atoms. The molecule has 0 radical (unpaired) electrons. The Morgan fingerprint density at radius 2 is 2.21 bits per heavy atom. The topological polar surface area (TPSA) is 104 Å². The molecule has 0 aromatic carbocycles. The summed E-state index contributed by atoms with van der Waals surface area (Å²) in [7, 11) is 0. The molecule has 2 fully saturated rings. The van der Waals surface area contributed by atoms with E-state index in [0.29, 0.717) is 23.3 Å². The van der Waals surface area contributed by atoms with E-state index >= 15 is 0 Å². The second-order valence-corrected chi connectivity index (χ2v) is 5.42. The van der Waals surface area contributed by atoms with Gasteiger partial charge in [0, 0.05) is 6.54 Å². The summed E-state index contributed by atoms with van der Waals surface area (Å²) < 4.78 is 0. The summed E-state index contributed by atoms with van der Waals surface area (Å²) in [5, 5.41) is 17.6. The van der Waals surface area contributed by atoms with Crippen LogP contribution < -0.4 is 10.6 Å². The Labute approximate surface area is 109 Å². The Hall–Kier alpha value is -1.89. The highest BCUT2D eigenvalue weighted by molar-refractivity contribution is 5.85. The maximum absolute atomic E-state index is 10.1. The van der Waals surface area contributed by atoms with Crippen molar-refractivity contribution >= 4 is 22.8 Å². The van der Waals surface area contributed by atoms with Gasteiger partial charge in [-0.1, -0.05) is 0 Å². The maximum atomic E-state index is 10.1. The summed E-state index contributed by atoms with van der Waals surface area (Å²) in [4.78, 5) is 10.9. The molecular formula is C12H16N6O. The molecule has 4 N–H and O–H groups in total. The SMILES string of the molecule is Nc1nc(N2CC[C@@H]3CC[C@H](O)[C@@H]32)nc2[nH]ncc12. The molecule has 7 heteroatoms. The van der Waals surface area contributed by atoms with Crippen molar-refractivity contribution in [3.8, 4) is 0 Å². The van der Waals surface area contributed by atoms with Crippen molar-refractivity contribution in [2.75, 3.05) is 17.2 Å². The number of nitrogens with zero attached hydrogens (tertiary/aromatic N) is 4. The largest absolute Gasteiger partial charge is 0.391 e. The number of nitrogen functional groups attached to an aromatic ring is 1. The number of hydrogen-bond acceptors (Lipinski definition) is 6. The second-order valence-electron chi connectivity index (χ2n) is 5.42. The number of nitrogens with two attached hydrogens (primary N) is 1. The molecule has 1 aliphatic carbocycles. The highest BCUT2D eigenvalue weighted by atomic mass is 16.3. The quantitative estimate of drug-likeness (QED) is 0.680. The van der Waals surface area contributed by atoms with Crippen molar-refractivity contribution in [1.29, 1.82) is 0 Å². The number of rotatable bonds is 1. The molecule has 0 bridgehead atoms. The van der Waals surface area contributed by atoms with Crippen LogP contribution >= 0.6 is 0 Å². The van der Waals surface area contributed by atoms with Gasteiger partial charge < -0.3 is 15.7 Å². The van der Waals surface area contributed by atoms with Crippen LogP contribution in [-0.2, 0) is 0 Å². The van der Waals surface area contributed by atoms with Crippen molar-refractivity contribution in [3.63, 3.8) is 0 Å². The number of nitrogens with one attached hydrogen (secondary N) is 1. The molecule has 0 unspecified atom stereocenters. The normalized spacial score (nSPS) is 30.2. The predicted octanol–water partition coefficient (Wildman–Crippen LogP) is 0.285. The summed E-state index contributed by atoms with van der Waals surface area (Å²) in [6.07, 6.45) is 4.39. The van der Waals surface area contributed by atoms with E-state index in [4.69, 9.17) is 5.73 Å². The van der Waals surface area contributed by atoms with E-state index in [0.717, 1.165) is 31.2 Å². The molecule has 1 saturated heterocycles. The third-order valence-electron chi connectivity index (χ3n) is 4.40. The lowest BCUT2D eigenvalue weighted by molar-refractivity contribution is 0.160. The van der Waals surface area contributed by atoms with Gasteiger partial charge in [-0.15, -0.1) is 0 Å². The summed E-state index contributed by atoms with van der Waals surface area (Å²) >= 11 is 0. The van der Waals surface area contributed by atoms with Crippen LogP contribution in [0.15, 0.2) is 6.20 Å². The summed E-state index contributed by atoms with van der Waals surface area (Å²) in [5.74, 6) is 1.59. The highest BCUT2D eigenvalue weighted by Gasteiger charge is 2.44. The molecule has 19 heavy (non-hydrogen) atoms. The molecule has 2 aliphatic rings. The zero-order valence-corrected chi connectivity index (χ0v) is 10.5. The van der Waals surface area contributed by atoms with Crippen LogP contribution in [0.25, 0.3) is 11.0 Å². The van der Waals surface area contributed by atoms with Crippen LogP contribution in [0.4, 0.5) is 11.8 Å². The number of aromatic amines is 1. The minimum absolute atomic E-state index is 0.139. The molecule has 2 aromatic heterocycles. The predicted molar refractivity (Wildman–Crippen MR) is 70.6 cm³/mol. The summed E-state index contributed by atoms with van der Waals surface area (Å²) in [5.41, 5.74) is 6.59. The third kappa shape index (κ3) is 1.51. The Kier molecular flexibility index (Phi) is 2.20. The van der Waals surface area contributed by atoms with Crippen molar-refractivity contribution in [1.82, 2.24) is 20.2 Å². The van der Waals surface area contributed by atoms with Crippen LogP contribution in [0.2, 0.25) is 0 Å². The van der Waals surface area contributed by atoms with Gasteiger partial charge in [-0.3, -0.25) is 5.10 Å². The average Bonchev–Trinajstić information content (AvgIpc) is 3.06. The Bertz CT molecular complexity index is 626. The minimum atomic E-state index is -0.283. The molecule has 3 atom stereocenters. The fourth-order valence-electron chi connectivity index (χ4n) is 3.48. The number of anilines is 2. The van der Waals surface area contributed by atoms with Gasteiger partial charge in [0.25, 0.3) is 0 Å². The molecule has 1 saturated carbocycles. The fraction of sp³-hybridized carbons (Fsp3) is 0.583. The first-order valence-electron chi connectivity index (χ1n) is 6.65. The number of H-pyrrole nitrogens is 1. The zero-order chi connectivity index (χ0) is 13.0. The van der Waals surface area contributed by atoms with Crippen molar-refractivity contribution in [2.45, 2.75) is 31.4 Å². The van der Waals surface area contributed by atoms with Crippen molar-refractivity contribution in [3.05, 3.63) is 6.20 Å². The van der Waals surface area contributed by atoms with Crippen LogP contribution in [0.3, 0.4) is 0 Å². The summed E-state index contributed by atoms with van der Waals surface area (Å²) in [6, 6.07) is 0.139. The Balaban J connectivity index is 1.77. The summed E-state index contributed by atoms with van der Waals surface area (Å²) in [6.45, 7) is 0.880. The van der Waals surface area contributed by atoms with E-state index < -0.39 is 0 Å². The first-order valence-corrected chi connectivity index (χ1v) is 6.65. The van der Waals surface area contributed by atoms with E-state index in [-0.39, 0.29) is 12.1 Å². The third-order valence-corrected chi connectivity index (χ3v) is 4.40. The smallest absolute Gasteiger partial charge is 0.229 e. The van der Waals surface area contributed by atoms with Gasteiger partial charge in [0.15, 0.2) is 5.65 Å². The first-order chi connectivity index (χ1) is 9.24. The van der Waals surface area contributed by atoms with Gasteiger partial charge >= 0.3 is 0 Å². The van der Waals surface area contributed by atoms with Crippen LogP contribution in [-0.4, -0.2) is 44.0 Å². The number of hydrogen-bond donors (Lipinski definition) is 3. The van der Waals surface area contributed by atoms with Gasteiger partial charge in [0.05, 0.1) is 23.7 Å². The fourth-order valence-corrected chi connectivity index (χ4v) is 3.48. The zero-order valence-electron chi connectivity index (χ0n) is 10.5. The van der Waals surface area contributed by atoms with Gasteiger partial charge in [-0.25, -0.2) is 0 Å². The Morgan fingerprint density at radius 1 is 1.32 bits per heavy atom. The number of fused-ring (bicyclic) bond motifs is 2. The van der Waals surface area contributed by atoms with Gasteiger partial charge in [-0.2, -0.15) is 15.1 Å². The van der Waals surface area contributed by atoms with Gasteiger partial charge in [0.2, 0.25) is 5.95 Å². The lowest BCUT2D eigenvalue weighted by Crippen LogP contribution is -2.39. The standard InChI is InChI=1S/C12H16N6O/c13-10-7-5-14-17-11(7)16-12(15-10)18-4-3-6-1-2-8(19)9(6)18/h5-6,8-9,19H,1-4H2,(H3,13,14,15,16,17)/t6-,8-,9+/m0/s1. The lowest BCUT2D eigenvalue weighted by atomic mass is 10.0. The lowest BCUT2D eigenvalue weighted by Gasteiger charge is -2.26. The monoisotopic (exact) mass is 260 g/mol. The first kappa shape index (κ1) is 11.0. The van der Waals surface area contributed by atoms with Gasteiger partial charge in [0.1, 0.15) is 5.82 Å². The number of aliphatic hydroxyl groups excluding tert-OH is 1. The van der Waals surface area contributed by atoms with E-state index in [1.54, 1.807) is 6.20 Å². The van der Waals surface area contributed by atoms with Crippen molar-refractivity contribution in [2.24, 2.45) is 5.92 Å². The van der Waals surface area contributed by atoms with E-state index in [9.17, 15) is 5.11 Å². The maximum Gasteiger partial charge on any atom is 0.229 e. The van der Waals surface area contributed by atoms with Crippen LogP contribution in [0, 0.1) is 5.92 Å². The van der Waals surface area contributed by atoms with E-state index in [1.165, 1.54) is 0 Å². The van der Waals surface area contributed by atoms with Crippen LogP contribution in [0.1, 0.15) is 19.3 Å². The molecule has 3 heterocycles. The number of aromatic nitrogens is 4. The van der Waals surface area contributed by atoms with E-state index in [2.05, 4.69) is 25.1 Å². The molecule has 4 rings (SSSR count). The highest BCUT2D eigenvalue weighted by Crippen LogP contribution is 2.39. The molecular weight excluding hydrogens is 244 g/mol. The molecule has 100 valence electrons. The molecule has 7 nitrogen and oxygen atoms in total. The average molecular weight is 260 g/mol. The van der Waals surface area contributed by atoms with Crippen LogP contribution in [0.5, 0.6) is 0 Å². The van der Waals surface area contributed by atoms with Crippen molar-refractivity contribution < 1.29 is 5.11 Å². The molecule has 1 aliphatic heterocycles. The number of aliphatic hydroxyl groups is 1. The molecule has 2 aromatic rings. The minimum Gasteiger partial charge on any atom is -0.391 e.